The van der Waals surface area contributed by atoms with E-state index in [4.69, 9.17) is 9.15 Å². The van der Waals surface area contributed by atoms with Crippen LogP contribution >= 0.6 is 24.0 Å². The number of nitrogens with zero attached hydrogens (tertiary/aromatic N) is 1. The third-order valence-corrected chi connectivity index (χ3v) is 2.96. The van der Waals surface area contributed by atoms with E-state index < -0.39 is 0 Å². The van der Waals surface area contributed by atoms with Gasteiger partial charge in [-0.2, -0.15) is 0 Å². The van der Waals surface area contributed by atoms with Crippen molar-refractivity contribution >= 4 is 29.9 Å². The Kier molecular flexibility index (Phi) is 10.5. The molecule has 0 radical (unpaired) electrons. The Bertz CT molecular complexity index is 392. The zero-order valence-electron chi connectivity index (χ0n) is 13.4. The Morgan fingerprint density at radius 2 is 2.05 bits per heavy atom. The molecule has 122 valence electrons. The van der Waals surface area contributed by atoms with Crippen LogP contribution in [0.5, 0.6) is 0 Å². The largest absolute Gasteiger partial charge is 0.469 e. The maximum atomic E-state index is 5.38. The summed E-state index contributed by atoms with van der Waals surface area (Å²) in [4.78, 5) is 4.56. The van der Waals surface area contributed by atoms with E-state index in [1.807, 2.05) is 26.0 Å². The van der Waals surface area contributed by atoms with Crippen LogP contribution in [-0.4, -0.2) is 38.3 Å². The quantitative estimate of drug-likeness (QED) is 0.394. The summed E-state index contributed by atoms with van der Waals surface area (Å²) >= 11 is 0. The summed E-state index contributed by atoms with van der Waals surface area (Å²) in [6, 6.07) is 3.88. The van der Waals surface area contributed by atoms with Crippen LogP contribution in [0.3, 0.4) is 0 Å². The fraction of sp³-hybridized carbons (Fsp3) is 0.667. The number of furan rings is 1. The molecule has 0 saturated heterocycles. The highest BCUT2D eigenvalue weighted by Gasteiger charge is 2.15. The molecule has 0 aromatic carbocycles. The normalized spacial score (nSPS) is 11.9. The smallest absolute Gasteiger partial charge is 0.191 e. The van der Waals surface area contributed by atoms with E-state index in [0.29, 0.717) is 6.54 Å². The van der Waals surface area contributed by atoms with Gasteiger partial charge in [0.2, 0.25) is 0 Å². The van der Waals surface area contributed by atoms with E-state index in [1.165, 1.54) is 0 Å². The van der Waals surface area contributed by atoms with Gasteiger partial charge in [-0.15, -0.1) is 24.0 Å². The number of aliphatic imine (C=N–C) groups is 1. The van der Waals surface area contributed by atoms with E-state index in [2.05, 4.69) is 22.5 Å². The summed E-state index contributed by atoms with van der Waals surface area (Å²) in [6.07, 6.45) is 3.60. The minimum atomic E-state index is -0.248. The maximum absolute atomic E-state index is 5.38. The lowest BCUT2D eigenvalue weighted by molar-refractivity contribution is 0.0310. The lowest BCUT2D eigenvalue weighted by Gasteiger charge is -2.21. The van der Waals surface area contributed by atoms with Gasteiger partial charge in [0.15, 0.2) is 5.96 Å². The minimum Gasteiger partial charge on any atom is -0.469 e. The van der Waals surface area contributed by atoms with Gasteiger partial charge in [-0.3, -0.25) is 4.99 Å². The second kappa shape index (κ2) is 10.9. The van der Waals surface area contributed by atoms with Crippen LogP contribution < -0.4 is 10.6 Å². The number of hydrogen-bond donors (Lipinski definition) is 2. The van der Waals surface area contributed by atoms with Gasteiger partial charge in [0.05, 0.1) is 18.4 Å². The molecule has 5 nitrogen and oxygen atoms in total. The first-order valence-corrected chi connectivity index (χ1v) is 7.17. The predicted molar refractivity (Wildman–Crippen MR) is 97.5 cm³/mol. The molecule has 0 fully saturated rings. The molecule has 0 aliphatic rings. The second-order valence-corrected chi connectivity index (χ2v) is 5.31. The van der Waals surface area contributed by atoms with Crippen LogP contribution in [-0.2, 0) is 11.2 Å². The van der Waals surface area contributed by atoms with Gasteiger partial charge in [-0.25, -0.2) is 0 Å². The molecule has 2 N–H and O–H groups in total. The van der Waals surface area contributed by atoms with E-state index in [1.54, 1.807) is 13.4 Å². The Morgan fingerprint density at radius 1 is 1.33 bits per heavy atom. The molecule has 0 spiro atoms. The molecule has 1 aromatic heterocycles. The van der Waals surface area contributed by atoms with Gasteiger partial charge in [-0.05, 0) is 32.4 Å². The van der Waals surface area contributed by atoms with Crippen LogP contribution in [0.25, 0.3) is 0 Å². The van der Waals surface area contributed by atoms with Crippen LogP contribution in [0.15, 0.2) is 27.8 Å². The number of hydrogen-bond acceptors (Lipinski definition) is 3. The molecule has 6 heteroatoms. The van der Waals surface area contributed by atoms with Crippen molar-refractivity contribution in [3.05, 3.63) is 24.2 Å². The van der Waals surface area contributed by atoms with E-state index in [9.17, 15) is 0 Å². The molecule has 1 aromatic rings. The highest BCUT2D eigenvalue weighted by Crippen LogP contribution is 2.07. The van der Waals surface area contributed by atoms with Crippen molar-refractivity contribution in [3.63, 3.8) is 0 Å². The Hall–Kier alpha value is -0.760. The first kappa shape index (κ1) is 20.2. The summed E-state index contributed by atoms with van der Waals surface area (Å²) in [6.45, 7) is 8.49. The monoisotopic (exact) mass is 409 g/mol. The van der Waals surface area contributed by atoms with Crippen LogP contribution in [0.1, 0.15) is 33.0 Å². The summed E-state index contributed by atoms with van der Waals surface area (Å²) in [5.74, 6) is 1.80. The third-order valence-electron chi connectivity index (χ3n) is 2.96. The van der Waals surface area contributed by atoms with Crippen LogP contribution in [0.4, 0.5) is 0 Å². The topological polar surface area (TPSA) is 58.8 Å². The van der Waals surface area contributed by atoms with Gasteiger partial charge < -0.3 is 19.8 Å². The number of nitrogens with one attached hydrogen (secondary N) is 2. The lowest BCUT2D eigenvalue weighted by Crippen LogP contribution is -2.40. The third kappa shape index (κ3) is 8.98. The van der Waals surface area contributed by atoms with E-state index in [0.717, 1.165) is 37.7 Å². The molecule has 0 unspecified atom stereocenters. The van der Waals surface area contributed by atoms with Crippen molar-refractivity contribution in [1.82, 2.24) is 10.6 Å². The molecule has 0 bridgehead atoms. The first-order chi connectivity index (χ1) is 9.57. The fourth-order valence-corrected chi connectivity index (χ4v) is 1.51. The fourth-order valence-electron chi connectivity index (χ4n) is 1.51. The molecule has 0 saturated carbocycles. The molecule has 1 rings (SSSR count). The summed E-state index contributed by atoms with van der Waals surface area (Å²) in [5.41, 5.74) is -0.248. The average Bonchev–Trinajstić information content (AvgIpc) is 2.94. The van der Waals surface area contributed by atoms with E-state index >= 15 is 0 Å². The minimum absolute atomic E-state index is 0. The van der Waals surface area contributed by atoms with Crippen molar-refractivity contribution < 1.29 is 9.15 Å². The van der Waals surface area contributed by atoms with Crippen molar-refractivity contribution in [2.75, 3.05) is 26.7 Å². The van der Waals surface area contributed by atoms with Crippen LogP contribution in [0.2, 0.25) is 0 Å². The predicted octanol–water partition coefficient (Wildman–Crippen LogP) is 2.81. The second-order valence-electron chi connectivity index (χ2n) is 5.31. The van der Waals surface area contributed by atoms with Gasteiger partial charge in [-0.1, -0.05) is 6.92 Å². The molecule has 0 atom stereocenters. The zero-order chi connectivity index (χ0) is 14.8. The lowest BCUT2D eigenvalue weighted by atomic mass is 10.1. The number of rotatable bonds is 8. The van der Waals surface area contributed by atoms with Crippen LogP contribution in [0, 0.1) is 0 Å². The van der Waals surface area contributed by atoms with Gasteiger partial charge in [0.1, 0.15) is 5.76 Å². The number of methoxy groups -OCH3 is 1. The van der Waals surface area contributed by atoms with Gasteiger partial charge in [0, 0.05) is 26.6 Å². The summed E-state index contributed by atoms with van der Waals surface area (Å²) in [7, 11) is 1.71. The van der Waals surface area contributed by atoms with Gasteiger partial charge in [0.25, 0.3) is 0 Å². The Labute approximate surface area is 144 Å². The molecular formula is C15H28IN3O2. The summed E-state index contributed by atoms with van der Waals surface area (Å²) in [5, 5.41) is 6.61. The van der Waals surface area contributed by atoms with Crippen molar-refractivity contribution in [3.8, 4) is 0 Å². The average molecular weight is 409 g/mol. The molecular weight excluding hydrogens is 381 g/mol. The molecule has 0 amide bonds. The Morgan fingerprint density at radius 3 is 2.62 bits per heavy atom. The zero-order valence-corrected chi connectivity index (χ0v) is 15.8. The highest BCUT2D eigenvalue weighted by atomic mass is 127. The maximum Gasteiger partial charge on any atom is 0.191 e. The number of ether oxygens (including phenoxy) is 1. The van der Waals surface area contributed by atoms with Crippen molar-refractivity contribution in [2.45, 2.75) is 39.2 Å². The standard InChI is InChI=1S/C15H27N3O2.HI/c1-5-9-16-14(18-12-15(2,3)19-4)17-10-8-13-7-6-11-20-13;/h6-7,11H,5,8-10,12H2,1-4H3,(H2,16,17,18);1H. The van der Waals surface area contributed by atoms with Crippen molar-refractivity contribution in [1.29, 1.82) is 0 Å². The van der Waals surface area contributed by atoms with Crippen molar-refractivity contribution in [2.24, 2.45) is 4.99 Å². The molecule has 1 heterocycles. The number of guanidine groups is 1. The van der Waals surface area contributed by atoms with Gasteiger partial charge >= 0.3 is 0 Å². The van der Waals surface area contributed by atoms with E-state index in [-0.39, 0.29) is 29.6 Å². The highest BCUT2D eigenvalue weighted by molar-refractivity contribution is 14.0. The molecule has 0 aliphatic carbocycles. The first-order valence-electron chi connectivity index (χ1n) is 7.17. The number of halogens is 1. The molecule has 0 aliphatic heterocycles. The SMILES string of the molecule is CCCNC(=NCC(C)(C)OC)NCCc1ccco1.I. The summed E-state index contributed by atoms with van der Waals surface area (Å²) < 4.78 is 10.7. The Balaban J connectivity index is 0.00000400. The molecule has 21 heavy (non-hydrogen) atoms.